The van der Waals surface area contributed by atoms with E-state index in [0.29, 0.717) is 18.9 Å². The van der Waals surface area contributed by atoms with Crippen molar-refractivity contribution in [3.8, 4) is 0 Å². The first-order valence-electron chi connectivity index (χ1n) is 6.11. The molecule has 4 nitrogen and oxygen atoms in total. The molecule has 0 heterocycles. The number of ether oxygens (including phenoxy) is 1. The predicted octanol–water partition coefficient (Wildman–Crippen LogP) is 1.24. The van der Waals surface area contributed by atoms with Gasteiger partial charge in [-0.05, 0) is 32.9 Å². The van der Waals surface area contributed by atoms with E-state index in [9.17, 15) is 4.79 Å². The smallest absolute Gasteiger partial charge is 0.322 e. The Kier molecular flexibility index (Phi) is 8.21. The van der Waals surface area contributed by atoms with Gasteiger partial charge in [0.1, 0.15) is 6.04 Å². The first-order chi connectivity index (χ1) is 7.51. The summed E-state index contributed by atoms with van der Waals surface area (Å²) in [7, 11) is 2.06. The standard InChI is InChI=1S/C12H26N2O2/c1-5-10(3)9-14(4)8-7-11(13)12(15)16-6-2/h10-11H,5-9,13H2,1-4H3. The highest BCUT2D eigenvalue weighted by molar-refractivity contribution is 5.75. The average molecular weight is 230 g/mol. The lowest BCUT2D eigenvalue weighted by atomic mass is 10.1. The lowest BCUT2D eigenvalue weighted by Crippen LogP contribution is -2.36. The Bertz CT molecular complexity index is 197. The molecular formula is C12H26N2O2. The minimum absolute atomic E-state index is 0.292. The zero-order valence-electron chi connectivity index (χ0n) is 11.0. The number of hydrogen-bond acceptors (Lipinski definition) is 4. The number of hydrogen-bond donors (Lipinski definition) is 1. The van der Waals surface area contributed by atoms with Gasteiger partial charge in [-0.1, -0.05) is 20.3 Å². The van der Waals surface area contributed by atoms with Crippen LogP contribution in [0.15, 0.2) is 0 Å². The van der Waals surface area contributed by atoms with E-state index < -0.39 is 6.04 Å². The van der Waals surface area contributed by atoms with Crippen molar-refractivity contribution in [2.75, 3.05) is 26.7 Å². The van der Waals surface area contributed by atoms with Gasteiger partial charge in [0.05, 0.1) is 6.61 Å². The van der Waals surface area contributed by atoms with E-state index in [1.165, 1.54) is 6.42 Å². The number of esters is 1. The van der Waals surface area contributed by atoms with E-state index in [0.717, 1.165) is 13.1 Å². The third-order valence-corrected chi connectivity index (χ3v) is 2.73. The molecule has 0 aromatic carbocycles. The second-order valence-electron chi connectivity index (χ2n) is 4.42. The molecule has 0 aliphatic carbocycles. The molecule has 0 aromatic rings. The van der Waals surface area contributed by atoms with Crippen LogP contribution in [0.25, 0.3) is 0 Å². The van der Waals surface area contributed by atoms with E-state index in [4.69, 9.17) is 10.5 Å². The molecule has 0 aliphatic rings. The molecule has 0 saturated heterocycles. The Balaban J connectivity index is 3.73. The van der Waals surface area contributed by atoms with Crippen molar-refractivity contribution >= 4 is 5.97 Å². The van der Waals surface area contributed by atoms with Crippen LogP contribution in [0.4, 0.5) is 0 Å². The van der Waals surface area contributed by atoms with Gasteiger partial charge in [-0.2, -0.15) is 0 Å². The van der Waals surface area contributed by atoms with Crippen LogP contribution < -0.4 is 5.73 Å². The van der Waals surface area contributed by atoms with Gasteiger partial charge in [0, 0.05) is 6.54 Å². The van der Waals surface area contributed by atoms with E-state index >= 15 is 0 Å². The van der Waals surface area contributed by atoms with E-state index in [1.54, 1.807) is 6.92 Å². The summed E-state index contributed by atoms with van der Waals surface area (Å²) in [6.45, 7) is 8.48. The van der Waals surface area contributed by atoms with Gasteiger partial charge < -0.3 is 15.4 Å². The maximum absolute atomic E-state index is 11.3. The molecule has 0 aromatic heterocycles. The van der Waals surface area contributed by atoms with Gasteiger partial charge in [-0.25, -0.2) is 0 Å². The van der Waals surface area contributed by atoms with Crippen LogP contribution in [-0.4, -0.2) is 43.7 Å². The fourth-order valence-electron chi connectivity index (χ4n) is 1.48. The van der Waals surface area contributed by atoms with Gasteiger partial charge >= 0.3 is 5.97 Å². The Morgan fingerprint density at radius 3 is 2.56 bits per heavy atom. The Labute approximate surface area is 99.1 Å². The molecule has 4 heteroatoms. The second kappa shape index (κ2) is 8.53. The summed E-state index contributed by atoms with van der Waals surface area (Å²) in [5.74, 6) is 0.392. The van der Waals surface area contributed by atoms with Gasteiger partial charge in [-0.15, -0.1) is 0 Å². The van der Waals surface area contributed by atoms with Crippen LogP contribution in [0.2, 0.25) is 0 Å². The van der Waals surface area contributed by atoms with Crippen molar-refractivity contribution in [2.24, 2.45) is 11.7 Å². The zero-order valence-corrected chi connectivity index (χ0v) is 11.0. The Morgan fingerprint density at radius 2 is 2.06 bits per heavy atom. The third kappa shape index (κ3) is 6.80. The number of nitrogens with two attached hydrogens (primary N) is 1. The summed E-state index contributed by atoms with van der Waals surface area (Å²) in [6.07, 6.45) is 1.83. The lowest BCUT2D eigenvalue weighted by molar-refractivity contribution is -0.144. The highest BCUT2D eigenvalue weighted by atomic mass is 16.5. The number of carbonyl (C=O) groups is 1. The molecule has 96 valence electrons. The van der Waals surface area contributed by atoms with Crippen molar-refractivity contribution in [1.82, 2.24) is 4.90 Å². The average Bonchev–Trinajstić information content (AvgIpc) is 2.25. The van der Waals surface area contributed by atoms with Gasteiger partial charge in [-0.3, -0.25) is 4.79 Å². The first-order valence-corrected chi connectivity index (χ1v) is 6.11. The highest BCUT2D eigenvalue weighted by Crippen LogP contribution is 2.03. The molecule has 0 spiro atoms. The molecule has 16 heavy (non-hydrogen) atoms. The fraction of sp³-hybridized carbons (Fsp3) is 0.917. The van der Waals surface area contributed by atoms with Crippen LogP contribution >= 0.6 is 0 Å². The molecule has 2 atom stereocenters. The molecule has 2 unspecified atom stereocenters. The van der Waals surface area contributed by atoms with Gasteiger partial charge in [0.15, 0.2) is 0 Å². The first kappa shape index (κ1) is 15.4. The van der Waals surface area contributed by atoms with Crippen molar-refractivity contribution in [1.29, 1.82) is 0 Å². The van der Waals surface area contributed by atoms with Crippen LogP contribution in [-0.2, 0) is 9.53 Å². The van der Waals surface area contributed by atoms with E-state index in [1.807, 2.05) is 0 Å². The summed E-state index contributed by atoms with van der Waals surface area (Å²) in [5, 5.41) is 0. The lowest BCUT2D eigenvalue weighted by Gasteiger charge is -2.21. The molecular weight excluding hydrogens is 204 g/mol. The van der Waals surface area contributed by atoms with Crippen molar-refractivity contribution < 1.29 is 9.53 Å². The van der Waals surface area contributed by atoms with E-state index in [2.05, 4.69) is 25.8 Å². The maximum atomic E-state index is 11.3. The molecule has 0 radical (unpaired) electrons. The quantitative estimate of drug-likeness (QED) is 0.638. The predicted molar refractivity (Wildman–Crippen MR) is 66.2 cm³/mol. The second-order valence-corrected chi connectivity index (χ2v) is 4.42. The summed E-state index contributed by atoms with van der Waals surface area (Å²) >= 11 is 0. The number of carbonyl (C=O) groups excluding carboxylic acids is 1. The van der Waals surface area contributed by atoms with Crippen LogP contribution in [0, 0.1) is 5.92 Å². The number of rotatable bonds is 8. The fourth-order valence-corrected chi connectivity index (χ4v) is 1.48. The van der Waals surface area contributed by atoms with Crippen LogP contribution in [0.1, 0.15) is 33.6 Å². The summed E-state index contributed by atoms with van der Waals surface area (Å²) < 4.78 is 4.86. The molecule has 2 N–H and O–H groups in total. The Morgan fingerprint density at radius 1 is 1.44 bits per heavy atom. The largest absolute Gasteiger partial charge is 0.465 e. The summed E-state index contributed by atoms with van der Waals surface area (Å²) in [5.41, 5.74) is 5.71. The van der Waals surface area contributed by atoms with Crippen LogP contribution in [0.3, 0.4) is 0 Å². The van der Waals surface area contributed by atoms with E-state index in [-0.39, 0.29) is 5.97 Å². The molecule has 0 bridgehead atoms. The highest BCUT2D eigenvalue weighted by Gasteiger charge is 2.15. The van der Waals surface area contributed by atoms with Gasteiger partial charge in [0.2, 0.25) is 0 Å². The summed E-state index contributed by atoms with van der Waals surface area (Å²) in [4.78, 5) is 13.5. The molecule has 0 aliphatic heterocycles. The minimum atomic E-state index is -0.487. The zero-order chi connectivity index (χ0) is 12.6. The van der Waals surface area contributed by atoms with Crippen LogP contribution in [0.5, 0.6) is 0 Å². The topological polar surface area (TPSA) is 55.6 Å². The summed E-state index contributed by atoms with van der Waals surface area (Å²) in [6, 6.07) is -0.487. The minimum Gasteiger partial charge on any atom is -0.465 e. The third-order valence-electron chi connectivity index (χ3n) is 2.73. The monoisotopic (exact) mass is 230 g/mol. The van der Waals surface area contributed by atoms with Crippen molar-refractivity contribution in [3.05, 3.63) is 0 Å². The van der Waals surface area contributed by atoms with Gasteiger partial charge in [0.25, 0.3) is 0 Å². The number of nitrogens with zero attached hydrogens (tertiary/aromatic N) is 1. The SMILES string of the molecule is CCOC(=O)C(N)CCN(C)CC(C)CC. The molecule has 0 fully saturated rings. The molecule has 0 rings (SSSR count). The maximum Gasteiger partial charge on any atom is 0.322 e. The van der Waals surface area contributed by atoms with Crippen molar-refractivity contribution in [2.45, 2.75) is 39.7 Å². The molecule has 0 amide bonds. The molecule has 0 saturated carbocycles. The van der Waals surface area contributed by atoms with Crippen molar-refractivity contribution in [3.63, 3.8) is 0 Å². The normalized spacial score (nSPS) is 14.9. The Hall–Kier alpha value is -0.610.